The molecular formula is C28H36FN3O4S2. The summed E-state index contributed by atoms with van der Waals surface area (Å²) in [6.45, 7) is 11.1. The number of benzene rings is 2. The van der Waals surface area contributed by atoms with Gasteiger partial charge in [-0.3, -0.25) is 4.79 Å². The van der Waals surface area contributed by atoms with Gasteiger partial charge in [0, 0.05) is 12.7 Å². The second-order valence-electron chi connectivity index (χ2n) is 10.3. The Kier molecular flexibility index (Phi) is 9.46. The van der Waals surface area contributed by atoms with Crippen LogP contribution in [-0.2, 0) is 33.3 Å². The average Bonchev–Trinajstić information content (AvgIpc) is 3.36. The largest absolute Gasteiger partial charge is 0.497 e. The lowest BCUT2D eigenvalue weighted by Gasteiger charge is -2.19. The van der Waals surface area contributed by atoms with Gasteiger partial charge in [0.2, 0.25) is 4.34 Å². The minimum atomic E-state index is -3.50. The molecule has 3 aromatic rings. The molecule has 3 rings (SSSR count). The SMILES string of the molecule is COc1ccc(CNS(=O)(=NC(=O)Cc2c(C(C)C)cc(F)cc2C(C)C)c2ncc(C(C)(C)O)s2)cc1. The molecule has 7 nitrogen and oxygen atoms in total. The Bertz CT molecular complexity index is 1370. The first kappa shape index (κ1) is 29.9. The Labute approximate surface area is 228 Å². The number of hydrogen-bond acceptors (Lipinski definition) is 6. The fourth-order valence-electron chi connectivity index (χ4n) is 3.97. The number of amides is 1. The van der Waals surface area contributed by atoms with Crippen LogP contribution >= 0.6 is 11.3 Å². The molecular weight excluding hydrogens is 525 g/mol. The molecule has 0 bridgehead atoms. The van der Waals surface area contributed by atoms with Crippen molar-refractivity contribution in [2.45, 2.75) is 76.3 Å². The van der Waals surface area contributed by atoms with Gasteiger partial charge in [0.05, 0.1) is 24.0 Å². The van der Waals surface area contributed by atoms with Crippen molar-refractivity contribution in [2.75, 3.05) is 7.11 Å². The monoisotopic (exact) mass is 561 g/mol. The van der Waals surface area contributed by atoms with Crippen LogP contribution < -0.4 is 9.46 Å². The highest BCUT2D eigenvalue weighted by Crippen LogP contribution is 2.31. The summed E-state index contributed by atoms with van der Waals surface area (Å²) in [6.07, 6.45) is 1.33. The van der Waals surface area contributed by atoms with Crippen LogP contribution in [0.5, 0.6) is 5.75 Å². The topological polar surface area (TPSA) is 101 Å². The zero-order valence-electron chi connectivity index (χ0n) is 22.9. The second kappa shape index (κ2) is 12.0. The van der Waals surface area contributed by atoms with Gasteiger partial charge in [0.1, 0.15) is 11.6 Å². The fraction of sp³-hybridized carbons (Fsp3) is 0.429. The number of nitrogens with zero attached hydrogens (tertiary/aromatic N) is 2. The first-order chi connectivity index (χ1) is 17.7. The van der Waals surface area contributed by atoms with Crippen LogP contribution in [0.4, 0.5) is 4.39 Å². The summed E-state index contributed by atoms with van der Waals surface area (Å²) in [5.41, 5.74) is 1.78. The molecule has 1 aromatic heterocycles. The van der Waals surface area contributed by atoms with Crippen LogP contribution in [0.15, 0.2) is 51.3 Å². The molecule has 0 aliphatic carbocycles. The van der Waals surface area contributed by atoms with Crippen molar-refractivity contribution < 1.29 is 23.2 Å². The number of carbonyl (C=O) groups is 1. The van der Waals surface area contributed by atoms with Gasteiger partial charge in [-0.1, -0.05) is 39.8 Å². The van der Waals surface area contributed by atoms with Crippen LogP contribution in [0.1, 0.15) is 80.5 Å². The number of hydrogen-bond donors (Lipinski definition) is 2. The molecule has 0 saturated heterocycles. The van der Waals surface area contributed by atoms with Gasteiger partial charge in [0.15, 0.2) is 9.92 Å². The number of halogens is 1. The van der Waals surface area contributed by atoms with E-state index < -0.39 is 21.4 Å². The Morgan fingerprint density at radius 1 is 1.16 bits per heavy atom. The van der Waals surface area contributed by atoms with Crippen molar-refractivity contribution in [1.29, 1.82) is 0 Å². The highest BCUT2D eigenvalue weighted by atomic mass is 32.2. The summed E-state index contributed by atoms with van der Waals surface area (Å²) in [7, 11) is -1.93. The van der Waals surface area contributed by atoms with Crippen LogP contribution in [-0.4, -0.2) is 27.3 Å². The Morgan fingerprint density at radius 3 is 2.21 bits per heavy atom. The van der Waals surface area contributed by atoms with Gasteiger partial charge in [-0.15, -0.1) is 15.7 Å². The molecule has 0 aliphatic rings. The van der Waals surface area contributed by atoms with E-state index >= 15 is 0 Å². The van der Waals surface area contributed by atoms with E-state index in [1.54, 1.807) is 33.1 Å². The van der Waals surface area contributed by atoms with E-state index in [2.05, 4.69) is 14.1 Å². The third-order valence-electron chi connectivity index (χ3n) is 6.04. The van der Waals surface area contributed by atoms with E-state index in [1.165, 1.54) is 18.3 Å². The Hall–Kier alpha value is -2.66. The highest BCUT2D eigenvalue weighted by molar-refractivity contribution is 7.93. The molecule has 2 aromatic carbocycles. The number of thiazole rings is 1. The first-order valence-corrected chi connectivity index (χ1v) is 14.7. The molecule has 0 radical (unpaired) electrons. The van der Waals surface area contributed by atoms with Crippen molar-refractivity contribution in [3.8, 4) is 5.75 Å². The highest BCUT2D eigenvalue weighted by Gasteiger charge is 2.26. The van der Waals surface area contributed by atoms with Gasteiger partial charge in [0.25, 0.3) is 5.91 Å². The summed E-state index contributed by atoms with van der Waals surface area (Å²) in [4.78, 5) is 18.1. The molecule has 1 unspecified atom stereocenters. The average molecular weight is 562 g/mol. The summed E-state index contributed by atoms with van der Waals surface area (Å²) in [6, 6.07) is 10.1. The van der Waals surface area contributed by atoms with E-state index in [0.29, 0.717) is 16.2 Å². The zero-order chi connectivity index (χ0) is 28.3. The molecule has 1 heterocycles. The van der Waals surface area contributed by atoms with Gasteiger partial charge < -0.3 is 9.84 Å². The molecule has 10 heteroatoms. The molecule has 206 valence electrons. The normalized spacial score (nSPS) is 13.6. The summed E-state index contributed by atoms with van der Waals surface area (Å²) < 4.78 is 41.0. The predicted molar refractivity (Wildman–Crippen MR) is 149 cm³/mol. The van der Waals surface area contributed by atoms with E-state index in [-0.39, 0.29) is 35.0 Å². The smallest absolute Gasteiger partial charge is 0.259 e. The maximum atomic E-state index is 14.4. The van der Waals surface area contributed by atoms with Crippen LogP contribution in [0.2, 0.25) is 0 Å². The van der Waals surface area contributed by atoms with Gasteiger partial charge in [-0.2, -0.15) is 0 Å². The molecule has 0 spiro atoms. The van der Waals surface area contributed by atoms with Crippen molar-refractivity contribution in [1.82, 2.24) is 9.71 Å². The number of aromatic nitrogens is 1. The number of rotatable bonds is 10. The maximum Gasteiger partial charge on any atom is 0.259 e. The lowest BCUT2D eigenvalue weighted by Crippen LogP contribution is -2.25. The van der Waals surface area contributed by atoms with Crippen LogP contribution in [0.3, 0.4) is 0 Å². The third kappa shape index (κ3) is 7.25. The lowest BCUT2D eigenvalue weighted by molar-refractivity contribution is -0.117. The lowest BCUT2D eigenvalue weighted by atomic mass is 9.87. The van der Waals surface area contributed by atoms with Gasteiger partial charge in [-0.25, -0.2) is 18.3 Å². The van der Waals surface area contributed by atoms with E-state index in [1.807, 2.05) is 39.8 Å². The molecule has 38 heavy (non-hydrogen) atoms. The summed E-state index contributed by atoms with van der Waals surface area (Å²) >= 11 is 1.04. The Morgan fingerprint density at radius 2 is 1.74 bits per heavy atom. The predicted octanol–water partition coefficient (Wildman–Crippen LogP) is 6.07. The number of aliphatic hydroxyl groups is 1. The van der Waals surface area contributed by atoms with Crippen molar-refractivity contribution in [3.05, 3.63) is 75.5 Å². The van der Waals surface area contributed by atoms with E-state index in [4.69, 9.17) is 4.74 Å². The fourth-order valence-corrected chi connectivity index (χ4v) is 6.80. The minimum Gasteiger partial charge on any atom is -0.497 e. The van der Waals surface area contributed by atoms with Crippen molar-refractivity contribution in [2.24, 2.45) is 4.36 Å². The number of ether oxygens (including phenoxy) is 1. The quantitative estimate of drug-likeness (QED) is 0.313. The Balaban J connectivity index is 2.04. The maximum absolute atomic E-state index is 14.4. The third-order valence-corrected chi connectivity index (χ3v) is 9.65. The number of methoxy groups -OCH3 is 1. The van der Waals surface area contributed by atoms with Gasteiger partial charge >= 0.3 is 0 Å². The standard InChI is InChI=1S/C28H36FN3O4S2/c1-17(2)22-12-20(29)13-23(18(3)4)24(22)14-26(33)32-38(35,27-30-16-25(37-27)28(5,6)34)31-15-19-8-10-21(36-7)11-9-19/h8-13,16-18,34H,14-15H2,1-7H3,(H,31,32,33,35). The van der Waals surface area contributed by atoms with E-state index in [0.717, 1.165) is 28.0 Å². The van der Waals surface area contributed by atoms with Crippen molar-refractivity contribution in [3.63, 3.8) is 0 Å². The molecule has 0 fully saturated rings. The molecule has 0 saturated carbocycles. The second-order valence-corrected chi connectivity index (χ2v) is 13.5. The summed E-state index contributed by atoms with van der Waals surface area (Å²) in [5.74, 6) is -0.302. The zero-order valence-corrected chi connectivity index (χ0v) is 24.5. The number of nitrogens with one attached hydrogen (secondary N) is 1. The molecule has 1 amide bonds. The molecule has 2 N–H and O–H groups in total. The number of carbonyl (C=O) groups excluding carboxylic acids is 1. The van der Waals surface area contributed by atoms with Crippen LogP contribution in [0.25, 0.3) is 0 Å². The van der Waals surface area contributed by atoms with Gasteiger partial charge in [-0.05, 0) is 72.2 Å². The molecule has 0 aliphatic heterocycles. The van der Waals surface area contributed by atoms with Crippen LogP contribution in [0, 0.1) is 5.82 Å². The van der Waals surface area contributed by atoms with Crippen molar-refractivity contribution >= 4 is 27.2 Å². The minimum absolute atomic E-state index is 0.0168. The molecule has 1 atom stereocenters. The first-order valence-electron chi connectivity index (χ1n) is 12.4. The summed E-state index contributed by atoms with van der Waals surface area (Å²) in [5, 5.41) is 10.4. The van der Waals surface area contributed by atoms with E-state index in [9.17, 15) is 18.5 Å².